The van der Waals surface area contributed by atoms with Crippen molar-refractivity contribution in [3.8, 4) is 17.0 Å². The number of ether oxygens (including phenoxy) is 1. The highest BCUT2D eigenvalue weighted by atomic mass is 16.5. The molecular weight excluding hydrogens is 374 g/mol. The lowest BCUT2D eigenvalue weighted by Gasteiger charge is -2.34. The Hall–Kier alpha value is -3.12. The van der Waals surface area contributed by atoms with Crippen molar-refractivity contribution in [2.75, 3.05) is 50.6 Å². The summed E-state index contributed by atoms with van der Waals surface area (Å²) in [5, 5.41) is 3.34. The maximum Gasteiger partial charge on any atom is 0.227 e. The Morgan fingerprint density at radius 1 is 0.967 bits per heavy atom. The first-order chi connectivity index (χ1) is 14.5. The van der Waals surface area contributed by atoms with E-state index >= 15 is 0 Å². The van der Waals surface area contributed by atoms with Gasteiger partial charge in [-0.05, 0) is 50.2 Å². The number of aryl methyl sites for hydroxylation is 2. The monoisotopic (exact) mass is 403 g/mol. The summed E-state index contributed by atoms with van der Waals surface area (Å²) >= 11 is 0. The van der Waals surface area contributed by atoms with Gasteiger partial charge in [0.1, 0.15) is 5.75 Å². The average Bonchev–Trinajstić information content (AvgIpc) is 2.74. The summed E-state index contributed by atoms with van der Waals surface area (Å²) in [6.45, 7) is 8.34. The van der Waals surface area contributed by atoms with Crippen LogP contribution in [0.25, 0.3) is 11.3 Å². The molecule has 2 heterocycles. The van der Waals surface area contributed by atoms with Gasteiger partial charge < -0.3 is 19.9 Å². The smallest absolute Gasteiger partial charge is 0.227 e. The van der Waals surface area contributed by atoms with Gasteiger partial charge in [-0.3, -0.25) is 0 Å². The summed E-state index contributed by atoms with van der Waals surface area (Å²) in [5.41, 5.74) is 6.52. The number of rotatable bonds is 5. The molecule has 156 valence electrons. The first kappa shape index (κ1) is 20.2. The second-order valence-electron chi connectivity index (χ2n) is 7.83. The average molecular weight is 404 g/mol. The fourth-order valence-corrected chi connectivity index (χ4v) is 3.97. The number of nitrogens with zero attached hydrogens (tertiary/aromatic N) is 4. The van der Waals surface area contributed by atoms with Crippen LogP contribution < -0.4 is 15.0 Å². The van der Waals surface area contributed by atoms with Crippen LogP contribution in [-0.2, 0) is 0 Å². The van der Waals surface area contributed by atoms with Crippen LogP contribution in [0.1, 0.15) is 11.1 Å². The molecular formula is C24H29N5O. The summed E-state index contributed by atoms with van der Waals surface area (Å²) in [6.07, 6.45) is 1.80. The number of hydrogen-bond donors (Lipinski definition) is 1. The third-order valence-corrected chi connectivity index (χ3v) is 5.67. The number of benzene rings is 2. The number of piperazine rings is 1. The topological polar surface area (TPSA) is 53.5 Å². The molecule has 1 aromatic heterocycles. The van der Waals surface area contributed by atoms with E-state index in [0.717, 1.165) is 54.6 Å². The SMILES string of the molecule is COc1cc(Nc2nccc(-c3c(C)cccc3C)n2)ccc1N1CCN(C)CC1. The van der Waals surface area contributed by atoms with Crippen molar-refractivity contribution < 1.29 is 4.74 Å². The molecule has 1 saturated heterocycles. The van der Waals surface area contributed by atoms with Crippen molar-refractivity contribution in [1.82, 2.24) is 14.9 Å². The minimum Gasteiger partial charge on any atom is -0.495 e. The number of anilines is 3. The quantitative estimate of drug-likeness (QED) is 0.687. The van der Waals surface area contributed by atoms with Crippen molar-refractivity contribution in [2.24, 2.45) is 0 Å². The Morgan fingerprint density at radius 3 is 2.40 bits per heavy atom. The molecule has 6 heteroatoms. The Labute approximate surface area is 178 Å². The van der Waals surface area contributed by atoms with Crippen molar-refractivity contribution in [3.05, 3.63) is 59.8 Å². The molecule has 0 radical (unpaired) electrons. The Bertz CT molecular complexity index is 1010. The first-order valence-electron chi connectivity index (χ1n) is 10.3. The van der Waals surface area contributed by atoms with Gasteiger partial charge in [-0.15, -0.1) is 0 Å². The molecule has 4 rings (SSSR count). The van der Waals surface area contributed by atoms with E-state index in [1.165, 1.54) is 11.1 Å². The van der Waals surface area contributed by atoms with Crippen molar-refractivity contribution >= 4 is 17.3 Å². The van der Waals surface area contributed by atoms with Crippen LogP contribution in [0.5, 0.6) is 5.75 Å². The molecule has 1 aliphatic heterocycles. The van der Waals surface area contributed by atoms with Gasteiger partial charge in [0.25, 0.3) is 0 Å². The van der Waals surface area contributed by atoms with Crippen molar-refractivity contribution in [2.45, 2.75) is 13.8 Å². The highest BCUT2D eigenvalue weighted by Gasteiger charge is 2.18. The maximum atomic E-state index is 5.69. The Kier molecular flexibility index (Phi) is 5.86. The lowest BCUT2D eigenvalue weighted by atomic mass is 10.00. The predicted molar refractivity (Wildman–Crippen MR) is 123 cm³/mol. The summed E-state index contributed by atoms with van der Waals surface area (Å²) in [6, 6.07) is 14.4. The predicted octanol–water partition coefficient (Wildman–Crippen LogP) is 4.26. The number of methoxy groups -OCH3 is 1. The largest absolute Gasteiger partial charge is 0.495 e. The zero-order chi connectivity index (χ0) is 21.1. The Balaban J connectivity index is 1.58. The molecule has 1 N–H and O–H groups in total. The number of nitrogens with one attached hydrogen (secondary N) is 1. The molecule has 3 aromatic rings. The molecule has 0 amide bonds. The zero-order valence-electron chi connectivity index (χ0n) is 18.1. The molecule has 30 heavy (non-hydrogen) atoms. The highest BCUT2D eigenvalue weighted by Crippen LogP contribution is 2.33. The molecule has 0 unspecified atom stereocenters. The molecule has 1 fully saturated rings. The minimum absolute atomic E-state index is 0.574. The number of aromatic nitrogens is 2. The summed E-state index contributed by atoms with van der Waals surface area (Å²) in [4.78, 5) is 13.9. The van der Waals surface area contributed by atoms with E-state index in [0.29, 0.717) is 5.95 Å². The third kappa shape index (κ3) is 4.24. The van der Waals surface area contributed by atoms with E-state index in [9.17, 15) is 0 Å². The Morgan fingerprint density at radius 2 is 1.70 bits per heavy atom. The van der Waals surface area contributed by atoms with Crippen molar-refractivity contribution in [1.29, 1.82) is 0 Å². The van der Waals surface area contributed by atoms with Crippen LogP contribution >= 0.6 is 0 Å². The fraction of sp³-hybridized carbons (Fsp3) is 0.333. The minimum atomic E-state index is 0.574. The van der Waals surface area contributed by atoms with E-state index < -0.39 is 0 Å². The van der Waals surface area contributed by atoms with Crippen molar-refractivity contribution in [3.63, 3.8) is 0 Å². The molecule has 0 atom stereocenters. The van der Waals surface area contributed by atoms with Crippen LogP contribution in [0, 0.1) is 13.8 Å². The van der Waals surface area contributed by atoms with Crippen LogP contribution in [0.3, 0.4) is 0 Å². The molecule has 0 spiro atoms. The molecule has 1 aliphatic rings. The van der Waals surface area contributed by atoms with Gasteiger partial charge in [-0.1, -0.05) is 18.2 Å². The van der Waals surface area contributed by atoms with Crippen LogP contribution in [0.4, 0.5) is 17.3 Å². The van der Waals surface area contributed by atoms with E-state index in [2.05, 4.69) is 71.3 Å². The summed E-state index contributed by atoms with van der Waals surface area (Å²) in [7, 11) is 3.88. The molecule has 6 nitrogen and oxygen atoms in total. The second kappa shape index (κ2) is 8.71. The third-order valence-electron chi connectivity index (χ3n) is 5.67. The number of hydrogen-bond acceptors (Lipinski definition) is 6. The molecule has 0 bridgehead atoms. The van der Waals surface area contributed by atoms with Gasteiger partial charge in [0.2, 0.25) is 5.95 Å². The second-order valence-corrected chi connectivity index (χ2v) is 7.83. The lowest BCUT2D eigenvalue weighted by molar-refractivity contribution is 0.311. The van der Waals surface area contributed by atoms with Gasteiger partial charge >= 0.3 is 0 Å². The van der Waals surface area contributed by atoms with E-state index in [-0.39, 0.29) is 0 Å². The van der Waals surface area contributed by atoms with Gasteiger partial charge in [0.15, 0.2) is 0 Å². The van der Waals surface area contributed by atoms with Gasteiger partial charge in [-0.25, -0.2) is 9.97 Å². The normalized spacial score (nSPS) is 14.6. The first-order valence-corrected chi connectivity index (χ1v) is 10.3. The van der Waals surface area contributed by atoms with Crippen LogP contribution in [0.2, 0.25) is 0 Å². The van der Waals surface area contributed by atoms with Crippen LogP contribution in [-0.4, -0.2) is 55.2 Å². The summed E-state index contributed by atoms with van der Waals surface area (Å²) in [5.74, 6) is 1.43. The molecule has 2 aromatic carbocycles. The van der Waals surface area contributed by atoms with E-state index in [1.54, 1.807) is 13.3 Å². The van der Waals surface area contributed by atoms with Gasteiger partial charge in [0.05, 0.1) is 18.5 Å². The van der Waals surface area contributed by atoms with Crippen LogP contribution in [0.15, 0.2) is 48.7 Å². The summed E-state index contributed by atoms with van der Waals surface area (Å²) < 4.78 is 5.69. The highest BCUT2D eigenvalue weighted by molar-refractivity contribution is 5.70. The van der Waals surface area contributed by atoms with Gasteiger partial charge in [-0.2, -0.15) is 0 Å². The zero-order valence-corrected chi connectivity index (χ0v) is 18.1. The lowest BCUT2D eigenvalue weighted by Crippen LogP contribution is -2.44. The van der Waals surface area contributed by atoms with E-state index in [1.807, 2.05) is 12.1 Å². The van der Waals surface area contributed by atoms with E-state index in [4.69, 9.17) is 9.72 Å². The number of likely N-dealkylation sites (N-methyl/N-ethyl adjacent to an activating group) is 1. The molecule has 0 aliphatic carbocycles. The van der Waals surface area contributed by atoms with Gasteiger partial charge in [0, 0.05) is 49.7 Å². The molecule has 0 saturated carbocycles. The fourth-order valence-electron chi connectivity index (χ4n) is 3.97. The standard InChI is InChI=1S/C24H29N5O/c1-17-6-5-7-18(2)23(17)20-10-11-25-24(27-20)26-19-8-9-21(22(16-19)30-4)29-14-12-28(3)13-15-29/h5-11,16H,12-15H2,1-4H3,(H,25,26,27). The maximum absolute atomic E-state index is 5.69.